The van der Waals surface area contributed by atoms with Crippen LogP contribution in [0.1, 0.15) is 44.2 Å². The number of benzene rings is 1. The molecule has 4 aliphatic rings. The standard InChI is InChI=1S/C26H33N3O2/c1-30-21-9-10-23-22(16-21)27-26(24-8-5-13-29(23)24)18-25(31-19-26)11-14-28(15-12-25)17-20-6-3-2-4-7-20/h2-3,5,8-10,13,16,20,27H,4,6-7,11-12,14-15,17-19H2,1H3. The first kappa shape index (κ1) is 19.4. The van der Waals surface area contributed by atoms with E-state index in [-0.39, 0.29) is 11.1 Å². The summed E-state index contributed by atoms with van der Waals surface area (Å²) in [6, 6.07) is 10.7. The Hall–Kier alpha value is -2.24. The molecule has 2 fully saturated rings. The number of methoxy groups -OCH3 is 1. The van der Waals surface area contributed by atoms with Gasteiger partial charge in [0.2, 0.25) is 0 Å². The summed E-state index contributed by atoms with van der Waals surface area (Å²) in [4.78, 5) is 2.68. The Morgan fingerprint density at radius 3 is 2.90 bits per heavy atom. The Morgan fingerprint density at radius 2 is 2.10 bits per heavy atom. The number of aromatic nitrogens is 1. The molecule has 0 saturated carbocycles. The first-order valence-electron chi connectivity index (χ1n) is 11.8. The van der Waals surface area contributed by atoms with Gasteiger partial charge in [-0.1, -0.05) is 12.2 Å². The van der Waals surface area contributed by atoms with Gasteiger partial charge in [-0.2, -0.15) is 0 Å². The van der Waals surface area contributed by atoms with Gasteiger partial charge in [-0.3, -0.25) is 0 Å². The molecular weight excluding hydrogens is 386 g/mol. The van der Waals surface area contributed by atoms with Crippen molar-refractivity contribution < 1.29 is 9.47 Å². The topological polar surface area (TPSA) is 38.7 Å². The van der Waals surface area contributed by atoms with E-state index in [1.807, 2.05) is 6.07 Å². The predicted octanol–water partition coefficient (Wildman–Crippen LogP) is 4.72. The van der Waals surface area contributed by atoms with Gasteiger partial charge < -0.3 is 24.3 Å². The number of hydrogen-bond donors (Lipinski definition) is 1. The molecule has 5 nitrogen and oxygen atoms in total. The maximum absolute atomic E-state index is 6.67. The summed E-state index contributed by atoms with van der Waals surface area (Å²) in [5.41, 5.74) is 3.45. The van der Waals surface area contributed by atoms with Crippen molar-refractivity contribution in [2.45, 2.75) is 49.7 Å². The largest absolute Gasteiger partial charge is 0.497 e. The van der Waals surface area contributed by atoms with Crippen molar-refractivity contribution in [3.8, 4) is 11.4 Å². The maximum atomic E-state index is 6.67. The number of anilines is 1. The van der Waals surface area contributed by atoms with E-state index in [1.165, 1.54) is 37.2 Å². The number of fused-ring (bicyclic) bond motifs is 4. The fraction of sp³-hybridized carbons (Fsp3) is 0.538. The van der Waals surface area contributed by atoms with Crippen LogP contribution in [0.15, 0.2) is 48.7 Å². The van der Waals surface area contributed by atoms with E-state index in [1.54, 1.807) is 7.11 Å². The molecule has 0 amide bonds. The van der Waals surface area contributed by atoms with Gasteiger partial charge in [-0.25, -0.2) is 0 Å². The van der Waals surface area contributed by atoms with Gasteiger partial charge in [0.25, 0.3) is 0 Å². The molecule has 2 saturated heterocycles. The molecule has 1 N–H and O–H groups in total. The van der Waals surface area contributed by atoms with Crippen molar-refractivity contribution in [1.82, 2.24) is 9.47 Å². The Balaban J connectivity index is 1.20. The minimum Gasteiger partial charge on any atom is -0.497 e. The van der Waals surface area contributed by atoms with Gasteiger partial charge >= 0.3 is 0 Å². The number of nitrogens with zero attached hydrogens (tertiary/aromatic N) is 2. The molecule has 1 aromatic carbocycles. The molecule has 31 heavy (non-hydrogen) atoms. The van der Waals surface area contributed by atoms with Crippen molar-refractivity contribution in [2.24, 2.45) is 5.92 Å². The second-order valence-corrected chi connectivity index (χ2v) is 9.95. The van der Waals surface area contributed by atoms with Gasteiger partial charge in [0, 0.05) is 38.3 Å². The third kappa shape index (κ3) is 3.30. The van der Waals surface area contributed by atoms with Crippen molar-refractivity contribution >= 4 is 5.69 Å². The predicted molar refractivity (Wildman–Crippen MR) is 123 cm³/mol. The van der Waals surface area contributed by atoms with Gasteiger partial charge in [0.1, 0.15) is 11.3 Å². The number of nitrogens with one attached hydrogen (secondary N) is 1. The van der Waals surface area contributed by atoms with Crippen molar-refractivity contribution in [3.63, 3.8) is 0 Å². The lowest BCUT2D eigenvalue weighted by Gasteiger charge is -2.42. The molecule has 6 rings (SSSR count). The molecule has 1 aliphatic carbocycles. The van der Waals surface area contributed by atoms with Crippen LogP contribution in [0.2, 0.25) is 0 Å². The highest BCUT2D eigenvalue weighted by molar-refractivity contribution is 5.69. The molecule has 2 atom stereocenters. The highest BCUT2D eigenvalue weighted by Gasteiger charge is 2.54. The van der Waals surface area contributed by atoms with Crippen LogP contribution < -0.4 is 10.1 Å². The van der Waals surface area contributed by atoms with E-state index in [0.717, 1.165) is 56.3 Å². The zero-order valence-electron chi connectivity index (χ0n) is 18.5. The molecule has 2 spiro atoms. The molecule has 4 heterocycles. The zero-order chi connectivity index (χ0) is 20.9. The van der Waals surface area contributed by atoms with Crippen LogP contribution in [0, 0.1) is 5.92 Å². The van der Waals surface area contributed by atoms with E-state index in [0.29, 0.717) is 0 Å². The average Bonchev–Trinajstić information content (AvgIpc) is 3.43. The second kappa shape index (κ2) is 7.42. The van der Waals surface area contributed by atoms with Gasteiger partial charge in [-0.15, -0.1) is 0 Å². The Bertz CT molecular complexity index is 988. The molecule has 2 unspecified atom stereocenters. The Labute approximate surface area is 185 Å². The van der Waals surface area contributed by atoms with E-state index < -0.39 is 0 Å². The molecule has 0 bridgehead atoms. The quantitative estimate of drug-likeness (QED) is 0.731. The smallest absolute Gasteiger partial charge is 0.121 e. The summed E-state index contributed by atoms with van der Waals surface area (Å²) in [7, 11) is 1.73. The first-order chi connectivity index (χ1) is 15.2. The minimum atomic E-state index is -0.167. The molecule has 2 aromatic rings. The molecule has 3 aliphatic heterocycles. The zero-order valence-corrected chi connectivity index (χ0v) is 18.5. The summed E-state index contributed by atoms with van der Waals surface area (Å²) in [5, 5.41) is 3.89. The number of allylic oxidation sites excluding steroid dienone is 2. The SMILES string of the molecule is COc1ccc2c(c1)NC1(COC3(CCN(CC4CC=CCC4)CC3)C1)c1cccn1-2. The van der Waals surface area contributed by atoms with Crippen molar-refractivity contribution in [2.75, 3.05) is 38.7 Å². The monoisotopic (exact) mass is 419 g/mol. The van der Waals surface area contributed by atoms with E-state index in [4.69, 9.17) is 9.47 Å². The van der Waals surface area contributed by atoms with Gasteiger partial charge in [0.15, 0.2) is 0 Å². The molecule has 5 heteroatoms. The van der Waals surface area contributed by atoms with E-state index in [2.05, 4.69) is 57.4 Å². The summed E-state index contributed by atoms with van der Waals surface area (Å²) >= 11 is 0. The highest BCUT2D eigenvalue weighted by atomic mass is 16.5. The third-order valence-electron chi connectivity index (χ3n) is 7.99. The first-order valence-corrected chi connectivity index (χ1v) is 11.8. The lowest BCUT2D eigenvalue weighted by Crippen LogP contribution is -2.47. The van der Waals surface area contributed by atoms with E-state index in [9.17, 15) is 0 Å². The van der Waals surface area contributed by atoms with Crippen LogP contribution in [0.5, 0.6) is 5.75 Å². The summed E-state index contributed by atoms with van der Waals surface area (Å²) in [6.45, 7) is 4.28. The fourth-order valence-electron chi connectivity index (χ4n) is 6.28. The van der Waals surface area contributed by atoms with Crippen LogP contribution in [0.4, 0.5) is 5.69 Å². The fourth-order valence-corrected chi connectivity index (χ4v) is 6.28. The number of piperidine rings is 1. The lowest BCUT2D eigenvalue weighted by atomic mass is 9.79. The molecule has 164 valence electrons. The van der Waals surface area contributed by atoms with Crippen LogP contribution in [0.3, 0.4) is 0 Å². The number of ether oxygens (including phenoxy) is 2. The van der Waals surface area contributed by atoms with Crippen molar-refractivity contribution in [1.29, 1.82) is 0 Å². The van der Waals surface area contributed by atoms with Crippen molar-refractivity contribution in [3.05, 3.63) is 54.4 Å². The molecule has 1 aromatic heterocycles. The third-order valence-corrected chi connectivity index (χ3v) is 7.99. The minimum absolute atomic E-state index is 0.0125. The molecular formula is C26H33N3O2. The van der Waals surface area contributed by atoms with Gasteiger partial charge in [0.05, 0.1) is 36.4 Å². The number of rotatable bonds is 3. The van der Waals surface area contributed by atoms with Gasteiger partial charge in [-0.05, 0) is 62.3 Å². The maximum Gasteiger partial charge on any atom is 0.121 e. The Kier molecular flexibility index (Phi) is 4.65. The summed E-state index contributed by atoms with van der Waals surface area (Å²) in [6.07, 6.45) is 14.0. The summed E-state index contributed by atoms with van der Waals surface area (Å²) < 4.78 is 14.5. The number of hydrogen-bond acceptors (Lipinski definition) is 4. The van der Waals surface area contributed by atoms with Crippen LogP contribution in [-0.2, 0) is 10.3 Å². The van der Waals surface area contributed by atoms with Crippen LogP contribution in [-0.4, -0.2) is 48.4 Å². The Morgan fingerprint density at radius 1 is 1.19 bits per heavy atom. The molecule has 0 radical (unpaired) electrons. The number of likely N-dealkylation sites (tertiary alicyclic amines) is 1. The summed E-state index contributed by atoms with van der Waals surface area (Å²) in [5.74, 6) is 1.72. The highest BCUT2D eigenvalue weighted by Crippen LogP contribution is 2.50. The lowest BCUT2D eigenvalue weighted by molar-refractivity contribution is -0.0460. The average molecular weight is 420 g/mol. The van der Waals surface area contributed by atoms with E-state index >= 15 is 0 Å². The van der Waals surface area contributed by atoms with Crippen LogP contribution >= 0.6 is 0 Å². The normalized spacial score (nSPS) is 29.0. The van der Waals surface area contributed by atoms with Crippen LogP contribution in [0.25, 0.3) is 5.69 Å². The second-order valence-electron chi connectivity index (χ2n) is 9.95.